The van der Waals surface area contributed by atoms with Crippen molar-refractivity contribution in [3.05, 3.63) is 30.1 Å². The molecule has 1 fully saturated rings. The standard InChI is InChI=1S/C16H20N4O/c1-11(21)5-4-6-12-9-17-16-15(12)20-14(10-18-16)19-13-7-2-3-8-13/h4-5,9-10,13H,2-3,6-8H2,1H3,(H,17,18)(H,19,20). The van der Waals surface area contributed by atoms with E-state index in [4.69, 9.17) is 0 Å². The molecule has 0 amide bonds. The van der Waals surface area contributed by atoms with Gasteiger partial charge in [-0.05, 0) is 32.3 Å². The third-order valence-electron chi connectivity index (χ3n) is 3.86. The van der Waals surface area contributed by atoms with Gasteiger partial charge in [-0.3, -0.25) is 4.79 Å². The van der Waals surface area contributed by atoms with Gasteiger partial charge in [0.15, 0.2) is 11.4 Å². The van der Waals surface area contributed by atoms with E-state index in [1.54, 1.807) is 19.2 Å². The van der Waals surface area contributed by atoms with Gasteiger partial charge in [0, 0.05) is 17.8 Å². The molecule has 0 spiro atoms. The molecule has 1 aliphatic rings. The average molecular weight is 284 g/mol. The van der Waals surface area contributed by atoms with Gasteiger partial charge in [-0.2, -0.15) is 0 Å². The van der Waals surface area contributed by atoms with E-state index in [2.05, 4.69) is 20.3 Å². The number of carbonyl (C=O) groups is 1. The first-order valence-electron chi connectivity index (χ1n) is 7.49. The summed E-state index contributed by atoms with van der Waals surface area (Å²) in [5.74, 6) is 0.898. The number of H-pyrrole nitrogens is 1. The molecule has 0 saturated heterocycles. The second-order valence-electron chi connectivity index (χ2n) is 5.61. The average Bonchev–Trinajstić information content (AvgIpc) is 3.09. The number of aromatic nitrogens is 3. The highest BCUT2D eigenvalue weighted by Crippen LogP contribution is 2.23. The second-order valence-corrected chi connectivity index (χ2v) is 5.61. The highest BCUT2D eigenvalue weighted by Gasteiger charge is 2.15. The predicted molar refractivity (Wildman–Crippen MR) is 83.3 cm³/mol. The molecular weight excluding hydrogens is 264 g/mol. The van der Waals surface area contributed by atoms with Crippen LogP contribution < -0.4 is 5.32 Å². The van der Waals surface area contributed by atoms with Crippen molar-refractivity contribution in [3.63, 3.8) is 0 Å². The molecule has 110 valence electrons. The third-order valence-corrected chi connectivity index (χ3v) is 3.86. The van der Waals surface area contributed by atoms with Crippen molar-refractivity contribution in [2.45, 2.75) is 45.1 Å². The quantitative estimate of drug-likeness (QED) is 0.828. The fourth-order valence-electron chi connectivity index (χ4n) is 2.80. The minimum Gasteiger partial charge on any atom is -0.366 e. The Balaban J connectivity index is 1.79. The van der Waals surface area contributed by atoms with Gasteiger partial charge in [0.2, 0.25) is 0 Å². The molecule has 2 N–H and O–H groups in total. The molecule has 1 saturated carbocycles. The molecule has 5 nitrogen and oxygen atoms in total. The number of hydrogen-bond donors (Lipinski definition) is 2. The van der Waals surface area contributed by atoms with E-state index < -0.39 is 0 Å². The number of hydrogen-bond acceptors (Lipinski definition) is 4. The maximum Gasteiger partial charge on any atom is 0.156 e. The molecule has 2 heterocycles. The predicted octanol–water partition coefficient (Wildman–Crippen LogP) is 3.00. The molecule has 0 unspecified atom stereocenters. The summed E-state index contributed by atoms with van der Waals surface area (Å²) in [6, 6.07) is 0.525. The Hall–Kier alpha value is -2.17. The van der Waals surface area contributed by atoms with Crippen LogP contribution in [0.4, 0.5) is 5.82 Å². The van der Waals surface area contributed by atoms with E-state index in [0.717, 1.165) is 22.5 Å². The lowest BCUT2D eigenvalue weighted by Crippen LogP contribution is -2.15. The van der Waals surface area contributed by atoms with Crippen molar-refractivity contribution in [1.82, 2.24) is 15.0 Å². The van der Waals surface area contributed by atoms with Crippen molar-refractivity contribution in [3.8, 4) is 0 Å². The topological polar surface area (TPSA) is 70.7 Å². The van der Waals surface area contributed by atoms with Gasteiger partial charge in [-0.1, -0.05) is 18.9 Å². The normalized spacial score (nSPS) is 16.0. The van der Waals surface area contributed by atoms with Crippen LogP contribution in [0, 0.1) is 0 Å². The number of allylic oxidation sites excluding steroid dienone is 2. The van der Waals surface area contributed by atoms with Crippen LogP contribution in [0.15, 0.2) is 24.5 Å². The summed E-state index contributed by atoms with van der Waals surface area (Å²) in [7, 11) is 0. The maximum absolute atomic E-state index is 11.0. The molecule has 5 heteroatoms. The zero-order valence-electron chi connectivity index (χ0n) is 12.2. The van der Waals surface area contributed by atoms with Gasteiger partial charge < -0.3 is 10.3 Å². The van der Waals surface area contributed by atoms with Crippen molar-refractivity contribution in [2.75, 3.05) is 5.32 Å². The molecule has 3 rings (SSSR count). The monoisotopic (exact) mass is 284 g/mol. The number of ketones is 1. The third kappa shape index (κ3) is 3.29. The van der Waals surface area contributed by atoms with Gasteiger partial charge in [-0.25, -0.2) is 9.97 Å². The minimum atomic E-state index is 0.0597. The van der Waals surface area contributed by atoms with Crippen LogP contribution in [0.25, 0.3) is 11.2 Å². The van der Waals surface area contributed by atoms with Gasteiger partial charge in [0.25, 0.3) is 0 Å². The van der Waals surface area contributed by atoms with Crippen molar-refractivity contribution in [2.24, 2.45) is 0 Å². The van der Waals surface area contributed by atoms with E-state index in [9.17, 15) is 4.79 Å². The van der Waals surface area contributed by atoms with Crippen LogP contribution >= 0.6 is 0 Å². The minimum absolute atomic E-state index is 0.0597. The van der Waals surface area contributed by atoms with Crippen molar-refractivity contribution in [1.29, 1.82) is 0 Å². The van der Waals surface area contributed by atoms with E-state index in [1.165, 1.54) is 25.7 Å². The Bertz CT molecular complexity index is 668. The van der Waals surface area contributed by atoms with E-state index in [-0.39, 0.29) is 5.78 Å². The van der Waals surface area contributed by atoms with Crippen LogP contribution in [0.3, 0.4) is 0 Å². The lowest BCUT2D eigenvalue weighted by Gasteiger charge is -2.11. The molecule has 0 aromatic carbocycles. The highest BCUT2D eigenvalue weighted by molar-refractivity contribution is 5.87. The summed E-state index contributed by atoms with van der Waals surface area (Å²) >= 11 is 0. The maximum atomic E-state index is 11.0. The zero-order chi connectivity index (χ0) is 14.7. The number of nitrogens with zero attached hydrogens (tertiary/aromatic N) is 2. The largest absolute Gasteiger partial charge is 0.366 e. The van der Waals surface area contributed by atoms with Crippen LogP contribution in [-0.2, 0) is 11.2 Å². The second kappa shape index (κ2) is 6.08. The van der Waals surface area contributed by atoms with Crippen LogP contribution in [0.1, 0.15) is 38.2 Å². The number of fused-ring (bicyclic) bond motifs is 1. The SMILES string of the molecule is CC(=O)C=CCc1c[nH]c2ncc(NC3CCCC3)nc12. The Morgan fingerprint density at radius 2 is 2.29 bits per heavy atom. The van der Waals surface area contributed by atoms with E-state index in [1.807, 2.05) is 12.3 Å². The molecule has 1 aliphatic carbocycles. The summed E-state index contributed by atoms with van der Waals surface area (Å²) in [5, 5.41) is 3.46. The van der Waals surface area contributed by atoms with Crippen LogP contribution in [0.5, 0.6) is 0 Å². The van der Waals surface area contributed by atoms with Crippen molar-refractivity contribution >= 4 is 22.8 Å². The molecule has 0 atom stereocenters. The van der Waals surface area contributed by atoms with Gasteiger partial charge in [-0.15, -0.1) is 0 Å². The summed E-state index contributed by atoms with van der Waals surface area (Å²) < 4.78 is 0. The molecule has 21 heavy (non-hydrogen) atoms. The Morgan fingerprint density at radius 1 is 1.48 bits per heavy atom. The first kappa shape index (κ1) is 13.8. The summed E-state index contributed by atoms with van der Waals surface area (Å²) in [6.07, 6.45) is 12.8. The zero-order valence-corrected chi connectivity index (χ0v) is 12.2. The van der Waals surface area contributed by atoms with E-state index >= 15 is 0 Å². The van der Waals surface area contributed by atoms with Crippen LogP contribution in [0.2, 0.25) is 0 Å². The Labute approximate surface area is 123 Å². The summed E-state index contributed by atoms with van der Waals surface area (Å²) in [6.45, 7) is 1.55. The summed E-state index contributed by atoms with van der Waals surface area (Å²) in [4.78, 5) is 23.2. The first-order valence-corrected chi connectivity index (χ1v) is 7.49. The number of aromatic amines is 1. The number of anilines is 1. The molecule has 0 radical (unpaired) electrons. The molecule has 0 aliphatic heterocycles. The molecular formula is C16H20N4O. The molecule has 0 bridgehead atoms. The van der Waals surface area contributed by atoms with Crippen LogP contribution in [-0.4, -0.2) is 26.8 Å². The summed E-state index contributed by atoms with van der Waals surface area (Å²) in [5.41, 5.74) is 2.73. The molecule has 2 aromatic rings. The Kier molecular flexibility index (Phi) is 3.99. The van der Waals surface area contributed by atoms with E-state index in [0.29, 0.717) is 12.5 Å². The number of carbonyl (C=O) groups excluding carboxylic acids is 1. The van der Waals surface area contributed by atoms with Gasteiger partial charge >= 0.3 is 0 Å². The number of nitrogens with one attached hydrogen (secondary N) is 2. The number of rotatable bonds is 5. The fraction of sp³-hybridized carbons (Fsp3) is 0.438. The van der Waals surface area contributed by atoms with Gasteiger partial charge in [0.05, 0.1) is 6.20 Å². The molecule has 2 aromatic heterocycles. The van der Waals surface area contributed by atoms with Gasteiger partial charge in [0.1, 0.15) is 11.3 Å². The fourth-order valence-corrected chi connectivity index (χ4v) is 2.80. The smallest absolute Gasteiger partial charge is 0.156 e. The highest BCUT2D eigenvalue weighted by atomic mass is 16.1. The first-order chi connectivity index (χ1) is 10.2. The lowest BCUT2D eigenvalue weighted by atomic mass is 10.2. The Morgan fingerprint density at radius 3 is 3.05 bits per heavy atom. The lowest BCUT2D eigenvalue weighted by molar-refractivity contribution is -0.112. The van der Waals surface area contributed by atoms with Crippen molar-refractivity contribution < 1.29 is 4.79 Å².